The fourth-order valence-corrected chi connectivity index (χ4v) is 3.16. The molecule has 0 radical (unpaired) electrons. The molecule has 0 fully saturated rings. The molecule has 0 aromatic carbocycles. The van der Waals surface area contributed by atoms with E-state index in [9.17, 15) is 0 Å². The summed E-state index contributed by atoms with van der Waals surface area (Å²) in [6, 6.07) is 0.853. The maximum absolute atomic E-state index is 5.06. The number of aromatic nitrogens is 2. The van der Waals surface area contributed by atoms with Crippen molar-refractivity contribution in [3.8, 4) is 0 Å². The molecule has 1 aromatic heterocycles. The van der Waals surface area contributed by atoms with Gasteiger partial charge in [0.05, 0.1) is 0 Å². The Balaban J connectivity index is 2.17. The highest BCUT2D eigenvalue weighted by Crippen LogP contribution is 2.28. The van der Waals surface area contributed by atoms with Crippen molar-refractivity contribution < 1.29 is 4.74 Å². The maximum Gasteiger partial charge on any atom is 0.153 e. The highest BCUT2D eigenvalue weighted by atomic mass is 16.5. The number of rotatable bonds is 8. The second kappa shape index (κ2) is 8.75. The van der Waals surface area contributed by atoms with Crippen molar-refractivity contribution in [2.24, 2.45) is 0 Å². The number of nitrogens with zero attached hydrogens (tertiary/aromatic N) is 3. The van der Waals surface area contributed by atoms with E-state index in [1.807, 2.05) is 24.5 Å². The molecular formula is C19H27N3O. The van der Waals surface area contributed by atoms with Gasteiger partial charge in [-0.25, -0.2) is 9.97 Å². The molecule has 124 valence electrons. The molecular weight excluding hydrogens is 286 g/mol. The van der Waals surface area contributed by atoms with E-state index in [1.165, 1.54) is 5.57 Å². The summed E-state index contributed by atoms with van der Waals surface area (Å²) in [7, 11) is 1.65. The maximum atomic E-state index is 5.06. The fourth-order valence-electron chi connectivity index (χ4n) is 3.16. The van der Waals surface area contributed by atoms with Crippen LogP contribution in [0.3, 0.4) is 0 Å². The lowest BCUT2D eigenvalue weighted by molar-refractivity contribution is 0.137. The Morgan fingerprint density at radius 2 is 1.96 bits per heavy atom. The number of ether oxygens (including phenoxy) is 1. The minimum Gasteiger partial charge on any atom is -0.377 e. The van der Waals surface area contributed by atoms with E-state index in [1.54, 1.807) is 7.11 Å². The minimum atomic E-state index is 0.379. The van der Waals surface area contributed by atoms with Gasteiger partial charge in [0, 0.05) is 43.7 Å². The number of hydrogen-bond donors (Lipinski definition) is 0. The molecule has 0 saturated heterocycles. The summed E-state index contributed by atoms with van der Waals surface area (Å²) in [5, 5.41) is 0. The molecule has 0 bridgehead atoms. The van der Waals surface area contributed by atoms with Gasteiger partial charge in [0.15, 0.2) is 5.82 Å². The third-order valence-corrected chi connectivity index (χ3v) is 4.17. The van der Waals surface area contributed by atoms with Crippen LogP contribution >= 0.6 is 0 Å². The molecule has 23 heavy (non-hydrogen) atoms. The molecule has 0 unspecified atom stereocenters. The standard InChI is InChI=1S/C19H27N3O/c1-5-7-17-9-15(3)10-18(8-6-2)22(17)13-16-11-20-19(14-23-4)21-12-16/h5-6,9,11-12,17-18H,1-2,7-8,10,13-14H2,3-4H3/t17-,18-/m0/s1. The van der Waals surface area contributed by atoms with Gasteiger partial charge in [-0.05, 0) is 26.2 Å². The minimum absolute atomic E-state index is 0.379. The third kappa shape index (κ3) is 4.85. The van der Waals surface area contributed by atoms with Crippen LogP contribution in [0.25, 0.3) is 0 Å². The van der Waals surface area contributed by atoms with Crippen LogP contribution in [-0.4, -0.2) is 34.1 Å². The van der Waals surface area contributed by atoms with Gasteiger partial charge in [0.1, 0.15) is 6.61 Å². The molecule has 4 heteroatoms. The normalized spacial score (nSPS) is 21.7. The molecule has 1 aliphatic heterocycles. The Bertz CT molecular complexity index is 550. The molecule has 2 heterocycles. The first-order valence-electron chi connectivity index (χ1n) is 8.11. The van der Waals surface area contributed by atoms with E-state index >= 15 is 0 Å². The quantitative estimate of drug-likeness (QED) is 0.686. The van der Waals surface area contributed by atoms with Crippen molar-refractivity contribution in [1.82, 2.24) is 14.9 Å². The van der Waals surface area contributed by atoms with Crippen molar-refractivity contribution in [1.29, 1.82) is 0 Å². The SMILES string of the molecule is C=CC[C@H]1CC(C)=C[C@H](CC=C)N1Cc1cnc(COC)nc1. The van der Waals surface area contributed by atoms with Gasteiger partial charge >= 0.3 is 0 Å². The van der Waals surface area contributed by atoms with Gasteiger partial charge in [-0.3, -0.25) is 4.90 Å². The molecule has 0 amide bonds. The van der Waals surface area contributed by atoms with Gasteiger partial charge in [-0.15, -0.1) is 13.2 Å². The Kier molecular flexibility index (Phi) is 6.68. The summed E-state index contributed by atoms with van der Waals surface area (Å²) < 4.78 is 5.06. The van der Waals surface area contributed by atoms with Gasteiger partial charge in [0.25, 0.3) is 0 Å². The van der Waals surface area contributed by atoms with E-state index in [0.29, 0.717) is 18.7 Å². The van der Waals surface area contributed by atoms with Crippen LogP contribution in [0.15, 0.2) is 49.4 Å². The van der Waals surface area contributed by atoms with Gasteiger partial charge in [0.2, 0.25) is 0 Å². The molecule has 0 aliphatic carbocycles. The van der Waals surface area contributed by atoms with Crippen molar-refractivity contribution in [2.45, 2.75) is 51.4 Å². The first kappa shape index (κ1) is 17.6. The highest BCUT2D eigenvalue weighted by molar-refractivity contribution is 5.16. The van der Waals surface area contributed by atoms with Crippen LogP contribution in [0, 0.1) is 0 Å². The van der Waals surface area contributed by atoms with E-state index in [2.05, 4.69) is 41.0 Å². The predicted molar refractivity (Wildman–Crippen MR) is 93.9 cm³/mol. The summed E-state index contributed by atoms with van der Waals surface area (Å²) in [4.78, 5) is 11.3. The summed E-state index contributed by atoms with van der Waals surface area (Å²) in [5.74, 6) is 0.718. The van der Waals surface area contributed by atoms with Crippen LogP contribution in [0.2, 0.25) is 0 Å². The third-order valence-electron chi connectivity index (χ3n) is 4.17. The zero-order valence-electron chi connectivity index (χ0n) is 14.2. The van der Waals surface area contributed by atoms with Crippen molar-refractivity contribution in [3.63, 3.8) is 0 Å². The van der Waals surface area contributed by atoms with Crippen molar-refractivity contribution in [3.05, 3.63) is 60.7 Å². The second-order valence-corrected chi connectivity index (χ2v) is 6.10. The molecule has 2 atom stereocenters. The van der Waals surface area contributed by atoms with Crippen LogP contribution < -0.4 is 0 Å². The Morgan fingerprint density at radius 3 is 2.57 bits per heavy atom. The Morgan fingerprint density at radius 1 is 1.26 bits per heavy atom. The summed E-state index contributed by atoms with van der Waals surface area (Å²) in [5.41, 5.74) is 2.58. The van der Waals surface area contributed by atoms with E-state index in [-0.39, 0.29) is 0 Å². The Hall–Kier alpha value is -1.78. The van der Waals surface area contributed by atoms with E-state index < -0.39 is 0 Å². The topological polar surface area (TPSA) is 38.2 Å². The van der Waals surface area contributed by atoms with Crippen molar-refractivity contribution in [2.75, 3.05) is 7.11 Å². The molecule has 2 rings (SSSR count). The van der Waals surface area contributed by atoms with Crippen LogP contribution in [0.1, 0.15) is 37.6 Å². The first-order chi connectivity index (χ1) is 11.2. The van der Waals surface area contributed by atoms with Gasteiger partial charge in [-0.1, -0.05) is 23.8 Å². The Labute approximate surface area is 139 Å². The lowest BCUT2D eigenvalue weighted by atomic mass is 9.92. The predicted octanol–water partition coefficient (Wildman–Crippen LogP) is 3.66. The van der Waals surface area contributed by atoms with Gasteiger partial charge in [-0.2, -0.15) is 0 Å². The molecule has 1 aromatic rings. The van der Waals surface area contributed by atoms with Crippen LogP contribution in [0.4, 0.5) is 0 Å². The zero-order valence-corrected chi connectivity index (χ0v) is 14.2. The lowest BCUT2D eigenvalue weighted by Gasteiger charge is -2.40. The average molecular weight is 313 g/mol. The smallest absolute Gasteiger partial charge is 0.153 e. The molecule has 4 nitrogen and oxygen atoms in total. The van der Waals surface area contributed by atoms with Gasteiger partial charge < -0.3 is 4.74 Å². The van der Waals surface area contributed by atoms with E-state index in [0.717, 1.165) is 37.2 Å². The molecule has 0 spiro atoms. The lowest BCUT2D eigenvalue weighted by Crippen LogP contribution is -2.44. The number of methoxy groups -OCH3 is 1. The molecule has 1 aliphatic rings. The highest BCUT2D eigenvalue weighted by Gasteiger charge is 2.28. The average Bonchev–Trinajstić information content (AvgIpc) is 2.53. The van der Waals surface area contributed by atoms with Crippen LogP contribution in [0.5, 0.6) is 0 Å². The molecule has 0 saturated carbocycles. The largest absolute Gasteiger partial charge is 0.377 e. The number of hydrogen-bond acceptors (Lipinski definition) is 4. The van der Waals surface area contributed by atoms with Crippen molar-refractivity contribution >= 4 is 0 Å². The zero-order chi connectivity index (χ0) is 16.7. The summed E-state index contributed by atoms with van der Waals surface area (Å²) >= 11 is 0. The van der Waals surface area contributed by atoms with E-state index in [4.69, 9.17) is 4.74 Å². The first-order valence-corrected chi connectivity index (χ1v) is 8.11. The molecule has 0 N–H and O–H groups in total. The van der Waals surface area contributed by atoms with Crippen LogP contribution in [-0.2, 0) is 17.9 Å². The summed E-state index contributed by atoms with van der Waals surface area (Å²) in [6.07, 6.45) is 13.2. The second-order valence-electron chi connectivity index (χ2n) is 6.10. The fraction of sp³-hybridized carbons (Fsp3) is 0.474. The monoisotopic (exact) mass is 313 g/mol. The summed E-state index contributed by atoms with van der Waals surface area (Å²) in [6.45, 7) is 11.3.